The number of hydrogen-bond donors (Lipinski definition) is 8. The molecule has 0 aliphatic carbocycles. The van der Waals surface area contributed by atoms with Crippen LogP contribution in [0.1, 0.15) is 184 Å². The van der Waals surface area contributed by atoms with E-state index in [1.807, 2.05) is 80.5 Å². The molecular weight excluding hydrogens is 1790 g/mol. The van der Waals surface area contributed by atoms with Gasteiger partial charge in [0.2, 0.25) is 29.1 Å². The number of nitrogens with one attached hydrogen (secondary N) is 2. The zero-order valence-corrected chi connectivity index (χ0v) is 75.5. The molecule has 12 N–H and O–H groups in total. The Hall–Kier alpha value is -13.9. The number of pyridine rings is 2. The summed E-state index contributed by atoms with van der Waals surface area (Å²) < 4.78 is 25.3. The number of hydrogen-bond acceptors (Lipinski definition) is 29. The third-order valence-electron chi connectivity index (χ3n) is 17.1. The van der Waals surface area contributed by atoms with Crippen molar-refractivity contribution in [3.8, 4) is 11.5 Å². The number of carbonyl (C=O) groups excluding carboxylic acids is 2. The van der Waals surface area contributed by atoms with Gasteiger partial charge in [-0.1, -0.05) is 187 Å². The molecule has 0 bridgehead atoms. The van der Waals surface area contributed by atoms with Gasteiger partial charge in [0.15, 0.2) is 17.2 Å². The SMILES string of the molecule is C.C.C.C.C=C(C)B1OC(C)(C)C(C)(C)O1.COc1c(Cl)cccc1Nc1cc(Cl)nc2c1C(=O)N(C)C2.[B]=NS.[C-]#[N+]c1cncc(N)n1.[C-]#[N+]c1nc(Cc2cc(Nc3cccc(Cl)c3OC)c3c(n2)CN(C)C3=O)cnc1C(C)C.[C-]#[N+]c1nc(N)cnc1Br.[C-]#[N+]c1nc(N)cnc1C(=C)C.[C-]#[N+]c1nc(N)cnc1C(=C)C.[C-]#[N+]c1nc(N)cnc1C(C)C. The number of fused-ring (bicyclic) bond motifs is 2. The van der Waals surface area contributed by atoms with Crippen LogP contribution in [-0.4, -0.2) is 146 Å². The molecule has 3 aliphatic rings. The van der Waals surface area contributed by atoms with E-state index in [4.69, 9.17) is 127 Å². The predicted octanol–water partition coefficient (Wildman–Crippen LogP) is 20.8. The Morgan fingerprint density at radius 1 is 0.558 bits per heavy atom. The second-order valence-corrected chi connectivity index (χ2v) is 30.2. The van der Waals surface area contributed by atoms with E-state index in [0.717, 1.165) is 5.47 Å². The summed E-state index contributed by atoms with van der Waals surface area (Å²) in [5, 5.41) is 7.75. The topological polar surface area (TPSA) is 451 Å². The number of nitrogens with two attached hydrogens (primary N) is 5. The van der Waals surface area contributed by atoms with E-state index < -0.39 is 0 Å². The minimum Gasteiger partial charge on any atom is -0.493 e. The Labute approximate surface area is 784 Å². The largest absolute Gasteiger partial charge is 0.493 e. The Balaban J connectivity index is 0.000000764. The van der Waals surface area contributed by atoms with Crippen molar-refractivity contribution >= 4 is 188 Å². The number of thiol groups is 1. The first-order valence-electron chi connectivity index (χ1n) is 36.6. The van der Waals surface area contributed by atoms with Crippen LogP contribution in [0.5, 0.6) is 11.5 Å². The van der Waals surface area contributed by atoms with Crippen LogP contribution in [0, 0.1) is 39.4 Å². The fourth-order valence-electron chi connectivity index (χ4n) is 10.6. The molecule has 0 atom stereocenters. The minimum absolute atomic E-state index is 0. The van der Waals surface area contributed by atoms with Crippen LogP contribution in [0.25, 0.3) is 40.2 Å². The van der Waals surface area contributed by atoms with Crippen LogP contribution in [-0.2, 0) is 28.8 Å². The Kier molecular flexibility index (Phi) is 46.4. The number of benzene rings is 2. The third-order valence-corrected chi connectivity index (χ3v) is 18.4. The van der Waals surface area contributed by atoms with Crippen molar-refractivity contribution in [1.82, 2.24) is 79.6 Å². The molecule has 11 heterocycles. The van der Waals surface area contributed by atoms with Gasteiger partial charge in [-0.2, -0.15) is 0 Å². The molecule has 8 aromatic heterocycles. The first kappa shape index (κ1) is 113. The number of ether oxygens (including phenoxy) is 2. The third kappa shape index (κ3) is 31.9. The number of nitrogen functional groups attached to an aromatic ring is 5. The van der Waals surface area contributed by atoms with Crippen molar-refractivity contribution in [2.75, 3.05) is 67.6 Å². The summed E-state index contributed by atoms with van der Waals surface area (Å²) in [6.07, 6.45) is 10.5. The van der Waals surface area contributed by atoms with E-state index in [1.54, 1.807) is 81.4 Å². The number of halogens is 4. The molecule has 1 saturated heterocycles. The van der Waals surface area contributed by atoms with Crippen molar-refractivity contribution in [3.05, 3.63) is 262 Å². The maximum Gasteiger partial charge on any atom is 0.304 e. The molecule has 1 radical (unpaired) electrons. The summed E-state index contributed by atoms with van der Waals surface area (Å²) in [6, 6.07) is 14.2. The fourth-order valence-corrected chi connectivity index (χ4v) is 11.6. The van der Waals surface area contributed by atoms with Crippen LogP contribution in [0.2, 0.25) is 15.2 Å². The molecule has 13 rings (SSSR count). The monoisotopic (exact) mass is 1890 g/mol. The molecule has 10 aromatic rings. The zero-order valence-electron chi connectivity index (χ0n) is 70.8. The average Bonchev–Trinajstić information content (AvgIpc) is 1.63. The fraction of sp³-hybridized carbons (Fsp3) is 0.302. The van der Waals surface area contributed by atoms with Crippen LogP contribution >= 0.6 is 63.5 Å². The number of anilines is 9. The number of rotatable bonds is 13. The summed E-state index contributed by atoms with van der Waals surface area (Å²) in [6.45, 7) is 74.6. The molecule has 673 valence electrons. The first-order valence-corrected chi connectivity index (χ1v) is 39.0. The second-order valence-electron chi connectivity index (χ2n) is 28.0. The van der Waals surface area contributed by atoms with Gasteiger partial charge in [-0.05, 0) is 124 Å². The van der Waals surface area contributed by atoms with Gasteiger partial charge in [-0.3, -0.25) is 44.5 Å². The number of carbonyl (C=O) groups is 2. The van der Waals surface area contributed by atoms with E-state index in [9.17, 15) is 9.59 Å². The first-order chi connectivity index (χ1) is 59.0. The molecule has 43 heteroatoms. The van der Waals surface area contributed by atoms with E-state index in [1.165, 1.54) is 44.3 Å². The standard InChI is InChI=1S/C24H23ClN6O2.C15H13Cl2N3O2.C9H17BO2.C8H10N4.2C8H8N4.C5H3BrN4.C5H4N4.4CH4.BHNS/c1-13(2)21-23(26-3)29-15(11-27-21)9-14-10-18(20-19(28-14)12-31(4)24(20)32)30-17-8-6-7-16(25)22(17)33-5;1-20-7-11-13(15(20)21)10(6-12(17)19-11)18-9-5-3-4-8(16)14(9)22-2;1-7(2)10-11-8(3,4)9(5,6)12-10;3*1-5(2)7-8(10-3)12-6(9)4-11-7;1-8-5-4(6)9-2-3(7)10-5;1-7-5-3-8-2-4(6)9-5;;;;;1-2-3/h6-8,10-11,13H,9,12H2,1-2,4-5H3,(H,28,30);3-6H,7H2,1-2H3,(H,18,19);1H2,2-6H3;4-5H,1-2H3,(H2,9,12);2*4H,1H2,2H3,(H2,9,12);2H,(H2,7,10);2-3H,(H2,6,9);4*1H4;3H. The Morgan fingerprint density at radius 3 is 1.31 bits per heavy atom. The molecule has 2 amide bonds. The van der Waals surface area contributed by atoms with Crippen LogP contribution in [0.15, 0.2) is 126 Å². The van der Waals surface area contributed by atoms with E-state index in [0.29, 0.717) is 159 Å². The average molecular weight is 1890 g/mol. The van der Waals surface area contributed by atoms with Crippen LogP contribution in [0.4, 0.5) is 86.7 Å². The Bertz CT molecular complexity index is 5850. The molecule has 2 aromatic carbocycles. The maximum atomic E-state index is 12.8. The van der Waals surface area contributed by atoms with Crippen molar-refractivity contribution in [1.29, 1.82) is 0 Å². The van der Waals surface area contributed by atoms with E-state index in [2.05, 4.69) is 165 Å². The van der Waals surface area contributed by atoms with Crippen molar-refractivity contribution in [2.24, 2.45) is 4.30 Å². The van der Waals surface area contributed by atoms with Gasteiger partial charge in [0.05, 0.1) is 172 Å². The van der Waals surface area contributed by atoms with Crippen molar-refractivity contribution < 1.29 is 28.4 Å². The summed E-state index contributed by atoms with van der Waals surface area (Å²) in [5.74, 6) is 3.92. The normalized spacial score (nSPS) is 11.9. The predicted molar refractivity (Wildman–Crippen MR) is 523 cm³/mol. The molecule has 1 fully saturated rings. The van der Waals surface area contributed by atoms with Gasteiger partial charge in [-0.15, -0.1) is 11.6 Å². The summed E-state index contributed by atoms with van der Waals surface area (Å²) >= 11 is 24.7. The smallest absolute Gasteiger partial charge is 0.304 e. The quantitative estimate of drug-likeness (QED) is 0.0230. The number of para-hydroxylation sites is 2. The molecule has 0 unspecified atom stereocenters. The summed E-state index contributed by atoms with van der Waals surface area (Å²) in [4.78, 5) is 104. The van der Waals surface area contributed by atoms with Crippen molar-refractivity contribution in [3.63, 3.8) is 0 Å². The molecule has 3 aliphatic heterocycles. The maximum absolute atomic E-state index is 12.8. The van der Waals surface area contributed by atoms with Gasteiger partial charge in [0.1, 0.15) is 9.76 Å². The molecule has 36 nitrogen and oxygen atoms in total. The summed E-state index contributed by atoms with van der Waals surface area (Å²) in [7, 11) is 10.6. The number of nitrogens with zero attached hydrogens (tertiary/aromatic N) is 23. The number of allylic oxidation sites excluding steroid dienone is 3. The molecular formula is C86H103B2BrCl3N30O6S. The number of methoxy groups -OCH3 is 2. The zero-order chi connectivity index (χ0) is 93.5. The van der Waals surface area contributed by atoms with Gasteiger partial charge in [0.25, 0.3) is 40.9 Å². The molecule has 0 spiro atoms. The van der Waals surface area contributed by atoms with Gasteiger partial charge in [0, 0.05) is 14.1 Å². The van der Waals surface area contributed by atoms with Gasteiger partial charge in [-0.25, -0.2) is 4.98 Å². The van der Waals surface area contributed by atoms with E-state index in [-0.39, 0.29) is 118 Å². The van der Waals surface area contributed by atoms with Gasteiger partial charge >= 0.3 is 37.7 Å². The van der Waals surface area contributed by atoms with E-state index >= 15 is 0 Å². The summed E-state index contributed by atoms with van der Waals surface area (Å²) in [5.41, 5.74) is 37.1. The molecule has 0 saturated carbocycles. The van der Waals surface area contributed by atoms with Crippen molar-refractivity contribution in [2.45, 2.75) is 148 Å². The Morgan fingerprint density at radius 2 is 0.938 bits per heavy atom. The minimum atomic E-state index is -0.241. The van der Waals surface area contributed by atoms with Gasteiger partial charge < -0.3 is 97.0 Å². The second kappa shape index (κ2) is 52.9. The van der Waals surface area contributed by atoms with Crippen LogP contribution < -0.4 is 48.8 Å². The number of aromatic nitrogens is 14. The number of amides is 2. The molecule has 129 heavy (non-hydrogen) atoms. The van der Waals surface area contributed by atoms with Crippen LogP contribution in [0.3, 0.4) is 0 Å².